The first-order valence-electron chi connectivity index (χ1n) is 10.2. The van der Waals surface area contributed by atoms with E-state index < -0.39 is 9.84 Å². The van der Waals surface area contributed by atoms with E-state index in [1.807, 2.05) is 12.1 Å². The Balaban J connectivity index is 1.81. The summed E-state index contributed by atoms with van der Waals surface area (Å²) in [7, 11) is -3.53. The molecule has 1 amide bonds. The lowest BCUT2D eigenvalue weighted by Gasteiger charge is -2.24. The largest absolute Gasteiger partial charge is 0.302 e. The number of benzene rings is 2. The van der Waals surface area contributed by atoms with Crippen molar-refractivity contribution in [3.05, 3.63) is 53.6 Å². The van der Waals surface area contributed by atoms with Gasteiger partial charge in [-0.1, -0.05) is 55.0 Å². The van der Waals surface area contributed by atoms with Gasteiger partial charge in [-0.25, -0.2) is 13.4 Å². The summed E-state index contributed by atoms with van der Waals surface area (Å²) in [5, 5.41) is 1.17. The zero-order chi connectivity index (χ0) is 22.4. The minimum absolute atomic E-state index is 0.105. The fourth-order valence-corrected chi connectivity index (χ4v) is 5.75. The van der Waals surface area contributed by atoms with Gasteiger partial charge in [-0.2, -0.15) is 0 Å². The van der Waals surface area contributed by atoms with Crippen molar-refractivity contribution >= 4 is 54.0 Å². The van der Waals surface area contributed by atoms with Crippen LogP contribution in [0.3, 0.4) is 0 Å². The van der Waals surface area contributed by atoms with Gasteiger partial charge >= 0.3 is 0 Å². The van der Waals surface area contributed by atoms with Crippen LogP contribution in [0.2, 0.25) is 5.02 Å². The van der Waals surface area contributed by atoms with Crippen molar-refractivity contribution in [2.45, 2.75) is 25.2 Å². The molecule has 9 heteroatoms. The second-order valence-corrected chi connectivity index (χ2v) is 10.6. The van der Waals surface area contributed by atoms with Crippen LogP contribution in [0.25, 0.3) is 10.2 Å². The van der Waals surface area contributed by atoms with Crippen LogP contribution in [0.4, 0.5) is 5.13 Å². The average molecular weight is 480 g/mol. The number of fused-ring (bicyclic) bond motifs is 1. The number of nitrogens with zero attached hydrogens (tertiary/aromatic N) is 3. The number of hydrogen-bond donors (Lipinski definition) is 0. The highest BCUT2D eigenvalue weighted by Crippen LogP contribution is 2.31. The SMILES string of the molecule is CCN(CC)CCN(C(=O)CCS(=O)(=O)c1ccccc1)c1nc2ccc(Cl)cc2s1. The van der Waals surface area contributed by atoms with Crippen LogP contribution in [0.15, 0.2) is 53.4 Å². The van der Waals surface area contributed by atoms with Crippen molar-refractivity contribution in [1.29, 1.82) is 0 Å². The number of rotatable bonds is 10. The normalized spacial score (nSPS) is 11.9. The Morgan fingerprint density at radius 1 is 1.06 bits per heavy atom. The second kappa shape index (κ2) is 10.5. The molecule has 166 valence electrons. The number of likely N-dealkylation sites (N-methyl/N-ethyl adjacent to an activating group) is 1. The Morgan fingerprint density at radius 3 is 2.45 bits per heavy atom. The summed E-state index contributed by atoms with van der Waals surface area (Å²) in [6.45, 7) is 7.01. The van der Waals surface area contributed by atoms with Gasteiger partial charge in [-0.15, -0.1) is 0 Å². The first kappa shape index (κ1) is 23.7. The number of amides is 1. The fourth-order valence-electron chi connectivity index (χ4n) is 3.21. The fraction of sp³-hybridized carbons (Fsp3) is 0.364. The number of halogens is 1. The molecule has 0 aliphatic carbocycles. The third-order valence-corrected chi connectivity index (χ3v) is 8.10. The number of hydrogen-bond acceptors (Lipinski definition) is 6. The van der Waals surface area contributed by atoms with E-state index in [2.05, 4.69) is 23.7 Å². The number of anilines is 1. The highest BCUT2D eigenvalue weighted by atomic mass is 35.5. The van der Waals surface area contributed by atoms with Gasteiger partial charge < -0.3 is 4.90 Å². The molecule has 0 unspecified atom stereocenters. The highest BCUT2D eigenvalue weighted by molar-refractivity contribution is 7.91. The monoisotopic (exact) mass is 479 g/mol. The molecule has 0 N–H and O–H groups in total. The van der Waals surface area contributed by atoms with Crippen molar-refractivity contribution in [3.63, 3.8) is 0 Å². The number of carbonyl (C=O) groups is 1. The van der Waals surface area contributed by atoms with Gasteiger partial charge in [0.25, 0.3) is 0 Å². The van der Waals surface area contributed by atoms with Gasteiger partial charge in [-0.3, -0.25) is 9.69 Å². The van der Waals surface area contributed by atoms with Gasteiger partial charge in [0.15, 0.2) is 15.0 Å². The van der Waals surface area contributed by atoms with Crippen LogP contribution in [-0.2, 0) is 14.6 Å². The first-order valence-corrected chi connectivity index (χ1v) is 13.1. The van der Waals surface area contributed by atoms with Gasteiger partial charge in [0, 0.05) is 24.5 Å². The van der Waals surface area contributed by atoms with Crippen LogP contribution >= 0.6 is 22.9 Å². The number of aromatic nitrogens is 1. The van der Waals surface area contributed by atoms with E-state index in [4.69, 9.17) is 11.6 Å². The van der Waals surface area contributed by atoms with Crippen molar-refractivity contribution in [1.82, 2.24) is 9.88 Å². The molecule has 0 bridgehead atoms. The van der Waals surface area contributed by atoms with E-state index in [1.54, 1.807) is 41.3 Å². The zero-order valence-electron chi connectivity index (χ0n) is 17.6. The van der Waals surface area contributed by atoms with Crippen molar-refractivity contribution in [2.75, 3.05) is 36.8 Å². The predicted molar refractivity (Wildman–Crippen MR) is 128 cm³/mol. The third kappa shape index (κ3) is 6.04. The lowest BCUT2D eigenvalue weighted by atomic mass is 10.3. The molecular formula is C22H26ClN3O3S2. The Labute approximate surface area is 192 Å². The summed E-state index contributed by atoms with van der Waals surface area (Å²) in [5.41, 5.74) is 0.766. The zero-order valence-corrected chi connectivity index (χ0v) is 20.0. The van der Waals surface area contributed by atoms with Gasteiger partial charge in [0.05, 0.1) is 20.9 Å². The van der Waals surface area contributed by atoms with Crippen molar-refractivity contribution in [2.24, 2.45) is 0 Å². The molecule has 0 saturated carbocycles. The predicted octanol–water partition coefficient (Wildman–Crippen LogP) is 4.49. The maximum Gasteiger partial charge on any atom is 0.229 e. The topological polar surface area (TPSA) is 70.6 Å². The molecule has 0 atom stereocenters. The number of thiazole rings is 1. The van der Waals surface area contributed by atoms with E-state index in [-0.39, 0.29) is 23.0 Å². The summed E-state index contributed by atoms with van der Waals surface area (Å²) >= 11 is 7.48. The average Bonchev–Trinajstić information content (AvgIpc) is 3.18. The second-order valence-electron chi connectivity index (χ2n) is 7.06. The molecule has 0 aliphatic rings. The molecule has 0 fully saturated rings. The van der Waals surface area contributed by atoms with Crippen LogP contribution in [0.1, 0.15) is 20.3 Å². The van der Waals surface area contributed by atoms with E-state index in [1.165, 1.54) is 11.3 Å². The number of sulfone groups is 1. The summed E-state index contributed by atoms with van der Waals surface area (Å²) in [4.78, 5) is 21.8. The van der Waals surface area contributed by atoms with Crippen LogP contribution < -0.4 is 4.90 Å². The summed E-state index contributed by atoms with van der Waals surface area (Å²) < 4.78 is 26.1. The lowest BCUT2D eigenvalue weighted by molar-refractivity contribution is -0.118. The maximum atomic E-state index is 13.1. The smallest absolute Gasteiger partial charge is 0.229 e. The Bertz CT molecular complexity index is 1130. The number of carbonyl (C=O) groups excluding carboxylic acids is 1. The summed E-state index contributed by atoms with van der Waals surface area (Å²) in [6, 6.07) is 13.6. The van der Waals surface area contributed by atoms with Gasteiger partial charge in [0.2, 0.25) is 5.91 Å². The van der Waals surface area contributed by atoms with Crippen LogP contribution in [-0.4, -0.2) is 56.1 Å². The quantitative estimate of drug-likeness (QED) is 0.428. The van der Waals surface area contributed by atoms with Gasteiger partial charge in [0.1, 0.15) is 0 Å². The maximum absolute atomic E-state index is 13.1. The third-order valence-electron chi connectivity index (χ3n) is 5.09. The molecule has 3 rings (SSSR count). The molecule has 0 aliphatic heterocycles. The van der Waals surface area contributed by atoms with Gasteiger partial charge in [-0.05, 0) is 43.4 Å². The molecule has 0 spiro atoms. The van der Waals surface area contributed by atoms with Crippen molar-refractivity contribution < 1.29 is 13.2 Å². The van der Waals surface area contributed by atoms with Crippen LogP contribution in [0.5, 0.6) is 0 Å². The first-order chi connectivity index (χ1) is 14.8. The minimum Gasteiger partial charge on any atom is -0.302 e. The molecule has 1 aromatic heterocycles. The molecule has 0 saturated heterocycles. The van der Waals surface area contributed by atoms with E-state index in [0.717, 1.165) is 23.3 Å². The Morgan fingerprint density at radius 2 is 1.77 bits per heavy atom. The van der Waals surface area contributed by atoms with Crippen molar-refractivity contribution in [3.8, 4) is 0 Å². The Kier molecular flexibility index (Phi) is 8.05. The highest BCUT2D eigenvalue weighted by Gasteiger charge is 2.23. The van der Waals surface area contributed by atoms with E-state index in [0.29, 0.717) is 23.2 Å². The molecule has 1 heterocycles. The molecule has 31 heavy (non-hydrogen) atoms. The summed E-state index contributed by atoms with van der Waals surface area (Å²) in [6.07, 6.45) is -0.105. The molecule has 3 aromatic rings. The lowest BCUT2D eigenvalue weighted by Crippen LogP contribution is -2.39. The molecular weight excluding hydrogens is 454 g/mol. The molecule has 0 radical (unpaired) electrons. The standard InChI is InChI=1S/C22H26ClN3O3S2/c1-3-25(4-2)13-14-26(22-24-19-11-10-17(23)16-20(19)30-22)21(27)12-15-31(28,29)18-8-6-5-7-9-18/h5-11,16H,3-4,12-15H2,1-2H3. The van der Waals surface area contributed by atoms with Crippen LogP contribution in [0, 0.1) is 0 Å². The summed E-state index contributed by atoms with van der Waals surface area (Å²) in [5.74, 6) is -0.495. The minimum atomic E-state index is -3.53. The Hall–Kier alpha value is -2.00. The molecule has 2 aromatic carbocycles. The molecule has 6 nitrogen and oxygen atoms in total. The van der Waals surface area contributed by atoms with E-state index >= 15 is 0 Å². The van der Waals surface area contributed by atoms with E-state index in [9.17, 15) is 13.2 Å².